The van der Waals surface area contributed by atoms with Gasteiger partial charge in [-0.15, -0.1) is 0 Å². The van der Waals surface area contributed by atoms with Crippen LogP contribution in [-0.2, 0) is 4.79 Å². The molecule has 30 heavy (non-hydrogen) atoms. The van der Waals surface area contributed by atoms with Gasteiger partial charge in [0.05, 0.1) is 25.9 Å². The van der Waals surface area contributed by atoms with Gasteiger partial charge in [-0.2, -0.15) is 0 Å². The van der Waals surface area contributed by atoms with Gasteiger partial charge in [0.25, 0.3) is 5.91 Å². The van der Waals surface area contributed by atoms with Gasteiger partial charge < -0.3 is 24.4 Å². The number of benzene rings is 2. The molecule has 1 N–H and O–H groups in total. The topological polar surface area (TPSA) is 77.1 Å². The molecule has 7 nitrogen and oxygen atoms in total. The number of amides is 2. The average molecular weight is 412 g/mol. The third-order valence-corrected chi connectivity index (χ3v) is 4.73. The lowest BCUT2D eigenvalue weighted by Gasteiger charge is -2.18. The molecular weight excluding hydrogens is 384 g/mol. The van der Waals surface area contributed by atoms with E-state index >= 15 is 0 Å². The van der Waals surface area contributed by atoms with Crippen molar-refractivity contribution in [1.29, 1.82) is 0 Å². The largest absolute Gasteiger partial charge is 0.494 e. The maximum absolute atomic E-state index is 12.7. The number of anilines is 1. The summed E-state index contributed by atoms with van der Waals surface area (Å²) in [4.78, 5) is 26.9. The monoisotopic (exact) mass is 412 g/mol. The van der Waals surface area contributed by atoms with Gasteiger partial charge in [0.15, 0.2) is 11.5 Å². The first-order valence-corrected chi connectivity index (χ1v) is 10.3. The van der Waals surface area contributed by atoms with Crippen LogP contribution >= 0.6 is 0 Å². The number of ether oxygens (including phenoxy) is 3. The summed E-state index contributed by atoms with van der Waals surface area (Å²) in [7, 11) is 0. The van der Waals surface area contributed by atoms with E-state index in [1.807, 2.05) is 45.0 Å². The van der Waals surface area contributed by atoms with E-state index in [1.54, 1.807) is 23.1 Å². The van der Waals surface area contributed by atoms with Crippen molar-refractivity contribution < 1.29 is 23.8 Å². The van der Waals surface area contributed by atoms with E-state index in [0.29, 0.717) is 43.4 Å². The summed E-state index contributed by atoms with van der Waals surface area (Å²) in [5.41, 5.74) is 1.26. The van der Waals surface area contributed by atoms with Crippen molar-refractivity contribution in [1.82, 2.24) is 5.32 Å². The number of hydrogen-bond donors (Lipinski definition) is 1. The first-order valence-electron chi connectivity index (χ1n) is 10.3. The summed E-state index contributed by atoms with van der Waals surface area (Å²) in [6.07, 6.45) is 0.258. The van der Waals surface area contributed by atoms with Gasteiger partial charge in [-0.3, -0.25) is 9.59 Å². The third kappa shape index (κ3) is 5.03. The van der Waals surface area contributed by atoms with Crippen molar-refractivity contribution in [2.24, 2.45) is 0 Å². The smallest absolute Gasteiger partial charge is 0.251 e. The highest BCUT2D eigenvalue weighted by molar-refractivity contribution is 5.99. The Kier molecular flexibility index (Phi) is 7.17. The normalized spacial score (nSPS) is 15.8. The van der Waals surface area contributed by atoms with Crippen molar-refractivity contribution >= 4 is 17.5 Å². The first kappa shape index (κ1) is 21.5. The second kappa shape index (κ2) is 10.0. The SMILES string of the molecule is CCOc1ccc(N2C[C@@H](NC(=O)c3ccc(OCC)c(OCC)c3)CC2=O)cc1. The van der Waals surface area contributed by atoms with Gasteiger partial charge in [-0.25, -0.2) is 0 Å². The second-order valence-corrected chi connectivity index (χ2v) is 6.83. The molecule has 0 radical (unpaired) electrons. The highest BCUT2D eigenvalue weighted by Gasteiger charge is 2.32. The minimum atomic E-state index is -0.265. The van der Waals surface area contributed by atoms with Crippen LogP contribution in [0.15, 0.2) is 42.5 Å². The Morgan fingerprint density at radius 1 is 0.967 bits per heavy atom. The quantitative estimate of drug-likeness (QED) is 0.683. The predicted molar refractivity (Wildman–Crippen MR) is 115 cm³/mol. The summed E-state index contributed by atoms with van der Waals surface area (Å²) in [6, 6.07) is 12.2. The fourth-order valence-electron chi connectivity index (χ4n) is 3.40. The Hall–Kier alpha value is -3.22. The minimum absolute atomic E-state index is 0.0221. The molecule has 160 valence electrons. The highest BCUT2D eigenvalue weighted by atomic mass is 16.5. The molecule has 3 rings (SSSR count). The maximum Gasteiger partial charge on any atom is 0.251 e. The fourth-order valence-corrected chi connectivity index (χ4v) is 3.40. The van der Waals surface area contributed by atoms with E-state index in [0.717, 1.165) is 11.4 Å². The van der Waals surface area contributed by atoms with Crippen LogP contribution in [0.1, 0.15) is 37.6 Å². The summed E-state index contributed by atoms with van der Waals surface area (Å²) in [5.74, 6) is 1.63. The van der Waals surface area contributed by atoms with Crippen LogP contribution in [0.4, 0.5) is 5.69 Å². The van der Waals surface area contributed by atoms with Crippen molar-refractivity contribution in [3.05, 3.63) is 48.0 Å². The lowest BCUT2D eigenvalue weighted by molar-refractivity contribution is -0.117. The fraction of sp³-hybridized carbons (Fsp3) is 0.391. The van der Waals surface area contributed by atoms with Crippen LogP contribution in [0.3, 0.4) is 0 Å². The van der Waals surface area contributed by atoms with Gasteiger partial charge in [-0.1, -0.05) is 0 Å². The summed E-state index contributed by atoms with van der Waals surface area (Å²) >= 11 is 0. The zero-order valence-electron chi connectivity index (χ0n) is 17.6. The molecule has 7 heteroatoms. The number of carbonyl (C=O) groups excluding carboxylic acids is 2. The Balaban J connectivity index is 1.66. The van der Waals surface area contributed by atoms with Crippen LogP contribution in [0.25, 0.3) is 0 Å². The van der Waals surface area contributed by atoms with E-state index < -0.39 is 0 Å². The molecule has 1 aliphatic rings. The Labute approximate surface area is 176 Å². The van der Waals surface area contributed by atoms with Crippen molar-refractivity contribution in [2.45, 2.75) is 33.2 Å². The van der Waals surface area contributed by atoms with Gasteiger partial charge in [0.1, 0.15) is 5.75 Å². The Morgan fingerprint density at radius 2 is 1.63 bits per heavy atom. The van der Waals surface area contributed by atoms with Crippen molar-refractivity contribution in [3.8, 4) is 17.2 Å². The summed E-state index contributed by atoms with van der Waals surface area (Å²) < 4.78 is 16.6. The molecule has 2 aromatic rings. The molecule has 0 unspecified atom stereocenters. The number of carbonyl (C=O) groups is 2. The zero-order valence-corrected chi connectivity index (χ0v) is 17.6. The lowest BCUT2D eigenvalue weighted by atomic mass is 10.1. The Bertz CT molecular complexity index is 882. The Morgan fingerprint density at radius 3 is 2.30 bits per heavy atom. The van der Waals surface area contributed by atoms with Crippen LogP contribution < -0.4 is 24.4 Å². The molecule has 0 aromatic heterocycles. The van der Waals surface area contributed by atoms with E-state index in [4.69, 9.17) is 14.2 Å². The third-order valence-electron chi connectivity index (χ3n) is 4.73. The molecule has 2 aromatic carbocycles. The number of rotatable bonds is 9. The summed E-state index contributed by atoms with van der Waals surface area (Å²) in [5, 5.41) is 2.96. The van der Waals surface area contributed by atoms with E-state index in [9.17, 15) is 9.59 Å². The molecule has 2 amide bonds. The molecule has 0 saturated carbocycles. The molecule has 1 atom stereocenters. The van der Waals surface area contributed by atoms with Gasteiger partial charge in [0.2, 0.25) is 5.91 Å². The van der Waals surface area contributed by atoms with Crippen molar-refractivity contribution in [2.75, 3.05) is 31.3 Å². The predicted octanol–water partition coefficient (Wildman–Crippen LogP) is 3.42. The van der Waals surface area contributed by atoms with Crippen LogP contribution in [0.2, 0.25) is 0 Å². The molecule has 1 fully saturated rings. The van der Waals surface area contributed by atoms with Gasteiger partial charge in [0, 0.05) is 24.2 Å². The van der Waals surface area contributed by atoms with Gasteiger partial charge >= 0.3 is 0 Å². The molecule has 0 spiro atoms. The number of hydrogen-bond acceptors (Lipinski definition) is 5. The van der Waals surface area contributed by atoms with Crippen LogP contribution in [0, 0.1) is 0 Å². The number of nitrogens with one attached hydrogen (secondary N) is 1. The lowest BCUT2D eigenvalue weighted by Crippen LogP contribution is -2.37. The molecular formula is C23H28N2O5. The summed E-state index contributed by atoms with van der Waals surface area (Å²) in [6.45, 7) is 7.69. The average Bonchev–Trinajstić information content (AvgIpc) is 3.10. The highest BCUT2D eigenvalue weighted by Crippen LogP contribution is 2.29. The zero-order chi connectivity index (χ0) is 21.5. The molecule has 0 bridgehead atoms. The number of nitrogens with zero attached hydrogens (tertiary/aromatic N) is 1. The minimum Gasteiger partial charge on any atom is -0.494 e. The first-order chi connectivity index (χ1) is 14.5. The molecule has 0 aliphatic carbocycles. The van der Waals surface area contributed by atoms with E-state index in [-0.39, 0.29) is 24.3 Å². The molecule has 1 heterocycles. The molecule has 1 aliphatic heterocycles. The standard InChI is InChI=1S/C23H28N2O5/c1-4-28-19-10-8-18(9-11-19)25-15-17(14-22(25)26)24-23(27)16-7-12-20(29-5-2)21(13-16)30-6-3/h7-13,17H,4-6,14-15H2,1-3H3,(H,24,27)/t17-/m0/s1. The maximum atomic E-state index is 12.7. The van der Waals surface area contributed by atoms with E-state index in [2.05, 4.69) is 5.32 Å². The van der Waals surface area contributed by atoms with E-state index in [1.165, 1.54) is 0 Å². The van der Waals surface area contributed by atoms with Crippen LogP contribution in [0.5, 0.6) is 17.2 Å². The van der Waals surface area contributed by atoms with Gasteiger partial charge in [-0.05, 0) is 63.2 Å². The van der Waals surface area contributed by atoms with Crippen LogP contribution in [-0.4, -0.2) is 44.2 Å². The van der Waals surface area contributed by atoms with Crippen molar-refractivity contribution in [3.63, 3.8) is 0 Å². The molecule has 1 saturated heterocycles. The second-order valence-electron chi connectivity index (χ2n) is 6.83.